The summed E-state index contributed by atoms with van der Waals surface area (Å²) in [7, 11) is 3.06. The summed E-state index contributed by atoms with van der Waals surface area (Å²) in [5.41, 5.74) is 0.805. The van der Waals surface area contributed by atoms with E-state index in [9.17, 15) is 9.18 Å². The Morgan fingerprint density at radius 2 is 1.69 bits per heavy atom. The van der Waals surface area contributed by atoms with Gasteiger partial charge in [0.2, 0.25) is 0 Å². The number of methoxy groups -OCH3 is 2. The van der Waals surface area contributed by atoms with Gasteiger partial charge in [-0.05, 0) is 57.5 Å². The van der Waals surface area contributed by atoms with Crippen LogP contribution in [0.15, 0.2) is 42.5 Å². The van der Waals surface area contributed by atoms with E-state index in [4.69, 9.17) is 18.9 Å². The van der Waals surface area contributed by atoms with Crippen LogP contribution in [0.1, 0.15) is 44.9 Å². The molecule has 0 aliphatic rings. The van der Waals surface area contributed by atoms with E-state index in [1.165, 1.54) is 19.2 Å². The number of hydrogen-bond acceptors (Lipinski definition) is 5. The fourth-order valence-corrected chi connectivity index (χ4v) is 2.66. The van der Waals surface area contributed by atoms with Gasteiger partial charge in [0.1, 0.15) is 17.3 Å². The van der Waals surface area contributed by atoms with Crippen molar-refractivity contribution in [3.05, 3.63) is 59.4 Å². The average Bonchev–Trinajstić information content (AvgIpc) is 2.69. The highest BCUT2D eigenvalue weighted by molar-refractivity contribution is 5.75. The molecule has 2 aromatic carbocycles. The summed E-state index contributed by atoms with van der Waals surface area (Å²) in [5.74, 6) is 0.249. The molecule has 0 heterocycles. The van der Waals surface area contributed by atoms with Crippen molar-refractivity contribution in [1.29, 1.82) is 0 Å². The number of halogens is 1. The summed E-state index contributed by atoms with van der Waals surface area (Å²) >= 11 is 0. The smallest absolute Gasteiger partial charge is 0.311 e. The number of esters is 1. The van der Waals surface area contributed by atoms with Crippen molar-refractivity contribution < 1.29 is 28.1 Å². The molecule has 0 aromatic heterocycles. The lowest BCUT2D eigenvalue weighted by Gasteiger charge is -2.29. The number of ether oxygens (including phenoxy) is 4. The van der Waals surface area contributed by atoms with Crippen molar-refractivity contribution in [1.82, 2.24) is 0 Å². The molecule has 2 rings (SSSR count). The molecule has 2 atom stereocenters. The Kier molecular flexibility index (Phi) is 7.62. The Morgan fingerprint density at radius 1 is 1.03 bits per heavy atom. The number of carbonyl (C=O) groups excluding carboxylic acids is 1. The molecule has 2 aromatic rings. The topological polar surface area (TPSA) is 54.0 Å². The highest BCUT2D eigenvalue weighted by Gasteiger charge is 2.32. The molecule has 0 bridgehead atoms. The van der Waals surface area contributed by atoms with Gasteiger partial charge in [-0.1, -0.05) is 12.1 Å². The molecule has 5 nitrogen and oxygen atoms in total. The molecule has 1 unspecified atom stereocenters. The minimum absolute atomic E-state index is 0.302. The van der Waals surface area contributed by atoms with Gasteiger partial charge in [-0.15, -0.1) is 0 Å². The second-order valence-corrected chi connectivity index (χ2v) is 7.83. The summed E-state index contributed by atoms with van der Waals surface area (Å²) in [6.45, 7) is 7.46. The molecule has 0 saturated heterocycles. The molecule has 0 aliphatic heterocycles. The van der Waals surface area contributed by atoms with Crippen LogP contribution >= 0.6 is 0 Å². The van der Waals surface area contributed by atoms with E-state index in [-0.39, 0.29) is 5.97 Å². The first-order valence-electron chi connectivity index (χ1n) is 9.44. The molecular formula is C23H29FO5. The molecule has 0 saturated carbocycles. The lowest BCUT2D eigenvalue weighted by molar-refractivity contribution is -0.167. The number of benzene rings is 2. The van der Waals surface area contributed by atoms with Crippen LogP contribution < -0.4 is 9.47 Å². The van der Waals surface area contributed by atoms with Crippen molar-refractivity contribution in [2.75, 3.05) is 14.2 Å². The van der Waals surface area contributed by atoms with Gasteiger partial charge >= 0.3 is 5.97 Å². The van der Waals surface area contributed by atoms with Crippen LogP contribution in [0, 0.1) is 11.2 Å². The van der Waals surface area contributed by atoms with E-state index in [1.54, 1.807) is 33.9 Å². The molecule has 0 amide bonds. The predicted octanol–water partition coefficient (Wildman–Crippen LogP) is 5.08. The lowest BCUT2D eigenvalue weighted by Crippen LogP contribution is -2.30. The summed E-state index contributed by atoms with van der Waals surface area (Å²) in [6.07, 6.45) is -1.25. The minimum Gasteiger partial charge on any atom is -0.497 e. The third-order valence-corrected chi connectivity index (χ3v) is 4.45. The van der Waals surface area contributed by atoms with E-state index in [2.05, 4.69) is 0 Å². The zero-order chi connectivity index (χ0) is 21.6. The van der Waals surface area contributed by atoms with Crippen LogP contribution in [0.25, 0.3) is 0 Å². The van der Waals surface area contributed by atoms with Crippen LogP contribution in [0.5, 0.6) is 11.5 Å². The largest absolute Gasteiger partial charge is 0.497 e. The zero-order valence-electron chi connectivity index (χ0n) is 17.8. The minimum atomic E-state index is -0.754. The molecule has 0 fully saturated rings. The molecule has 0 aliphatic carbocycles. The fraction of sp³-hybridized carbons (Fsp3) is 0.435. The number of carbonyl (C=O) groups is 1. The zero-order valence-corrected chi connectivity index (χ0v) is 17.8. The van der Waals surface area contributed by atoms with E-state index >= 15 is 0 Å². The Bertz CT molecular complexity index is 811. The maximum atomic E-state index is 13.7. The normalized spacial score (nSPS) is 13.5. The Morgan fingerprint density at radius 3 is 2.24 bits per heavy atom. The van der Waals surface area contributed by atoms with E-state index < -0.39 is 23.4 Å². The maximum absolute atomic E-state index is 13.7. The van der Waals surface area contributed by atoms with E-state index in [0.29, 0.717) is 17.9 Å². The van der Waals surface area contributed by atoms with Crippen molar-refractivity contribution in [3.63, 3.8) is 0 Å². The first-order chi connectivity index (χ1) is 13.7. The van der Waals surface area contributed by atoms with Crippen molar-refractivity contribution in [3.8, 4) is 11.5 Å². The second-order valence-electron chi connectivity index (χ2n) is 7.83. The average molecular weight is 404 g/mol. The maximum Gasteiger partial charge on any atom is 0.311 e. The SMILES string of the molecule is COc1ccc(COC(C)[C@H](OC(=O)C(C)(C)C)c2ccc(F)cc2OC)cc1. The van der Waals surface area contributed by atoms with E-state index in [0.717, 1.165) is 11.3 Å². The number of rotatable bonds is 8. The van der Waals surface area contributed by atoms with Crippen molar-refractivity contribution in [2.24, 2.45) is 5.41 Å². The first-order valence-corrected chi connectivity index (χ1v) is 9.44. The van der Waals surface area contributed by atoms with Crippen LogP contribution in [-0.2, 0) is 20.9 Å². The molecular weight excluding hydrogens is 375 g/mol. The van der Waals surface area contributed by atoms with E-state index in [1.807, 2.05) is 31.2 Å². The van der Waals surface area contributed by atoms with Gasteiger partial charge in [-0.2, -0.15) is 0 Å². The van der Waals surface area contributed by atoms with Crippen LogP contribution in [0.3, 0.4) is 0 Å². The standard InChI is InChI=1S/C23H29FO5/c1-15(28-14-16-7-10-18(26-5)11-8-16)21(29-22(25)23(2,3)4)19-12-9-17(24)13-20(19)27-6/h7-13,15,21H,14H2,1-6H3/t15?,21-/m0/s1. The summed E-state index contributed by atoms with van der Waals surface area (Å²) in [6, 6.07) is 11.6. The fourth-order valence-electron chi connectivity index (χ4n) is 2.66. The third-order valence-electron chi connectivity index (χ3n) is 4.45. The van der Waals surface area contributed by atoms with Gasteiger partial charge in [-0.3, -0.25) is 4.79 Å². The second kappa shape index (κ2) is 9.74. The quantitative estimate of drug-likeness (QED) is 0.575. The van der Waals surface area contributed by atoms with Gasteiger partial charge in [0.15, 0.2) is 6.10 Å². The molecule has 0 N–H and O–H groups in total. The lowest BCUT2D eigenvalue weighted by atomic mass is 9.96. The summed E-state index contributed by atoms with van der Waals surface area (Å²) < 4.78 is 35.9. The summed E-state index contributed by atoms with van der Waals surface area (Å²) in [4.78, 5) is 12.6. The predicted molar refractivity (Wildman–Crippen MR) is 108 cm³/mol. The van der Waals surface area contributed by atoms with Gasteiger partial charge < -0.3 is 18.9 Å². The molecule has 6 heteroatoms. The number of hydrogen-bond donors (Lipinski definition) is 0. The van der Waals surface area contributed by atoms with Crippen molar-refractivity contribution >= 4 is 5.97 Å². The van der Waals surface area contributed by atoms with Crippen LogP contribution in [-0.4, -0.2) is 26.3 Å². The first kappa shape index (κ1) is 22.7. The Hall–Kier alpha value is -2.60. The molecule has 0 radical (unpaired) electrons. The van der Waals surface area contributed by atoms with Gasteiger partial charge in [0.25, 0.3) is 0 Å². The Labute approximate surface area is 171 Å². The highest BCUT2D eigenvalue weighted by atomic mass is 19.1. The summed E-state index contributed by atoms with van der Waals surface area (Å²) in [5, 5.41) is 0. The van der Waals surface area contributed by atoms with Crippen LogP contribution in [0.2, 0.25) is 0 Å². The highest BCUT2D eigenvalue weighted by Crippen LogP contribution is 2.34. The Balaban J connectivity index is 2.24. The third kappa shape index (κ3) is 6.19. The van der Waals surface area contributed by atoms with Gasteiger partial charge in [0, 0.05) is 11.6 Å². The van der Waals surface area contributed by atoms with Crippen molar-refractivity contribution in [2.45, 2.75) is 46.5 Å². The molecule has 29 heavy (non-hydrogen) atoms. The van der Waals surface area contributed by atoms with Crippen LogP contribution in [0.4, 0.5) is 4.39 Å². The van der Waals surface area contributed by atoms with Gasteiger partial charge in [-0.25, -0.2) is 4.39 Å². The van der Waals surface area contributed by atoms with Gasteiger partial charge in [0.05, 0.1) is 32.3 Å². The molecule has 158 valence electrons. The molecule has 0 spiro atoms. The monoisotopic (exact) mass is 404 g/mol.